The van der Waals surface area contributed by atoms with Gasteiger partial charge in [-0.15, -0.1) is 0 Å². The summed E-state index contributed by atoms with van der Waals surface area (Å²) in [5, 5.41) is 4.16. The Morgan fingerprint density at radius 3 is 2.87 bits per heavy atom. The third-order valence-corrected chi connectivity index (χ3v) is 5.15. The highest BCUT2D eigenvalue weighted by Crippen LogP contribution is 2.43. The Kier molecular flexibility index (Phi) is 3.91. The van der Waals surface area contributed by atoms with Crippen molar-refractivity contribution in [3.63, 3.8) is 0 Å². The molecule has 1 aromatic heterocycles. The predicted molar refractivity (Wildman–Crippen MR) is 85.1 cm³/mol. The molecule has 0 amide bonds. The Morgan fingerprint density at radius 2 is 2.17 bits per heavy atom. The van der Waals surface area contributed by atoms with E-state index >= 15 is 0 Å². The van der Waals surface area contributed by atoms with Crippen molar-refractivity contribution in [2.45, 2.75) is 43.6 Å². The molecule has 0 spiro atoms. The van der Waals surface area contributed by atoms with Crippen molar-refractivity contribution in [3.05, 3.63) is 35.7 Å². The molecule has 2 fully saturated rings. The van der Waals surface area contributed by atoms with Crippen LogP contribution in [-0.2, 0) is 15.1 Å². The largest absolute Gasteiger partial charge is 0.381 e. The normalized spacial score (nSPS) is 23.4. The lowest BCUT2D eigenvalue weighted by molar-refractivity contribution is -0.0858. The lowest BCUT2D eigenvalue weighted by atomic mass is 9.79. The van der Waals surface area contributed by atoms with E-state index < -0.39 is 0 Å². The van der Waals surface area contributed by atoms with E-state index in [1.165, 1.54) is 12.0 Å². The van der Waals surface area contributed by atoms with Gasteiger partial charge in [0.05, 0.1) is 6.61 Å². The zero-order valence-electron chi connectivity index (χ0n) is 13.5. The van der Waals surface area contributed by atoms with Crippen LogP contribution in [0.25, 0.3) is 11.5 Å². The van der Waals surface area contributed by atoms with Crippen LogP contribution in [0.5, 0.6) is 0 Å². The van der Waals surface area contributed by atoms with E-state index in [2.05, 4.69) is 28.3 Å². The molecule has 1 saturated heterocycles. The number of aromatic nitrogens is 2. The molecule has 5 nitrogen and oxygen atoms in total. The van der Waals surface area contributed by atoms with E-state index in [1.807, 2.05) is 6.07 Å². The summed E-state index contributed by atoms with van der Waals surface area (Å²) in [6.07, 6.45) is 5.36. The van der Waals surface area contributed by atoms with Gasteiger partial charge in [0.1, 0.15) is 5.60 Å². The Morgan fingerprint density at radius 1 is 1.26 bits per heavy atom. The molecule has 2 aliphatic rings. The van der Waals surface area contributed by atoms with Crippen LogP contribution in [0.3, 0.4) is 0 Å². The third-order valence-electron chi connectivity index (χ3n) is 5.15. The number of rotatable bonds is 4. The van der Waals surface area contributed by atoms with Crippen molar-refractivity contribution in [2.75, 3.05) is 20.3 Å². The molecular formula is C18H22N2O3. The molecule has 1 aliphatic heterocycles. The summed E-state index contributed by atoms with van der Waals surface area (Å²) in [4.78, 5) is 4.60. The zero-order chi connectivity index (χ0) is 15.7. The van der Waals surface area contributed by atoms with Gasteiger partial charge in [-0.3, -0.25) is 0 Å². The van der Waals surface area contributed by atoms with Crippen LogP contribution in [0.4, 0.5) is 0 Å². The van der Waals surface area contributed by atoms with Gasteiger partial charge in [0.25, 0.3) is 5.89 Å². The topological polar surface area (TPSA) is 57.4 Å². The Balaban J connectivity index is 1.59. The number of ether oxygens (including phenoxy) is 2. The van der Waals surface area contributed by atoms with E-state index in [0.29, 0.717) is 17.6 Å². The third kappa shape index (κ3) is 2.68. The number of nitrogens with zero attached hydrogens (tertiary/aromatic N) is 2. The van der Waals surface area contributed by atoms with Crippen molar-refractivity contribution < 1.29 is 14.0 Å². The molecule has 2 aromatic rings. The van der Waals surface area contributed by atoms with Crippen molar-refractivity contribution in [1.82, 2.24) is 10.1 Å². The summed E-state index contributed by atoms with van der Waals surface area (Å²) < 4.78 is 16.7. The fourth-order valence-corrected chi connectivity index (χ4v) is 3.47. The molecular weight excluding hydrogens is 292 g/mol. The van der Waals surface area contributed by atoms with E-state index in [4.69, 9.17) is 14.0 Å². The van der Waals surface area contributed by atoms with Crippen LogP contribution in [0.15, 0.2) is 28.8 Å². The summed E-state index contributed by atoms with van der Waals surface area (Å²) in [6, 6.07) is 8.38. The summed E-state index contributed by atoms with van der Waals surface area (Å²) in [7, 11) is 1.72. The van der Waals surface area contributed by atoms with Gasteiger partial charge in [-0.05, 0) is 49.8 Å². The molecule has 0 unspecified atom stereocenters. The second-order valence-electron chi connectivity index (χ2n) is 6.51. The number of methoxy groups -OCH3 is 1. The van der Waals surface area contributed by atoms with Gasteiger partial charge in [-0.25, -0.2) is 0 Å². The van der Waals surface area contributed by atoms with Crippen LogP contribution in [0, 0.1) is 0 Å². The monoisotopic (exact) mass is 314 g/mol. The minimum Gasteiger partial charge on any atom is -0.381 e. The average molecular weight is 314 g/mol. The van der Waals surface area contributed by atoms with Gasteiger partial charge in [0.15, 0.2) is 0 Å². The highest BCUT2D eigenvalue weighted by Gasteiger charge is 2.43. The minimum atomic E-state index is -0.337. The van der Waals surface area contributed by atoms with Crippen molar-refractivity contribution in [1.29, 1.82) is 0 Å². The maximum atomic E-state index is 5.63. The Hall–Kier alpha value is -1.72. The van der Waals surface area contributed by atoms with E-state index in [-0.39, 0.29) is 5.60 Å². The first-order valence-electron chi connectivity index (χ1n) is 8.38. The van der Waals surface area contributed by atoms with Gasteiger partial charge in [-0.1, -0.05) is 17.3 Å². The second-order valence-corrected chi connectivity index (χ2v) is 6.51. The number of benzene rings is 1. The molecule has 1 saturated carbocycles. The summed E-state index contributed by atoms with van der Waals surface area (Å²) in [5.74, 6) is 1.71. The van der Waals surface area contributed by atoms with Crippen LogP contribution in [-0.4, -0.2) is 30.5 Å². The number of hydrogen-bond donors (Lipinski definition) is 0. The Bertz CT molecular complexity index is 667. The van der Waals surface area contributed by atoms with Gasteiger partial charge in [-0.2, -0.15) is 4.98 Å². The van der Waals surface area contributed by atoms with Gasteiger partial charge < -0.3 is 14.0 Å². The molecule has 2 heterocycles. The summed E-state index contributed by atoms with van der Waals surface area (Å²) in [5.41, 5.74) is 1.92. The average Bonchev–Trinajstić information content (AvgIpc) is 3.06. The lowest BCUT2D eigenvalue weighted by Gasteiger charge is -2.37. The van der Waals surface area contributed by atoms with Crippen LogP contribution in [0.1, 0.15) is 49.4 Å². The van der Waals surface area contributed by atoms with Gasteiger partial charge in [0.2, 0.25) is 5.82 Å². The van der Waals surface area contributed by atoms with E-state index in [0.717, 1.165) is 44.5 Å². The van der Waals surface area contributed by atoms with Crippen LogP contribution in [0.2, 0.25) is 0 Å². The second kappa shape index (κ2) is 6.06. The molecule has 122 valence electrons. The van der Waals surface area contributed by atoms with Crippen molar-refractivity contribution in [3.8, 4) is 11.5 Å². The quantitative estimate of drug-likeness (QED) is 0.862. The van der Waals surface area contributed by atoms with Crippen LogP contribution >= 0.6 is 0 Å². The molecule has 4 rings (SSSR count). The zero-order valence-corrected chi connectivity index (χ0v) is 13.5. The standard InChI is InChI=1S/C18H22N2O3/c1-21-18(8-4-9-18)17-19-16(23-20-17)14-6-2-5-13(11-14)15-7-3-10-22-12-15/h2,5-6,11,15H,3-4,7-10,12H2,1H3/t15-/m1/s1. The molecule has 23 heavy (non-hydrogen) atoms. The van der Waals surface area contributed by atoms with Crippen LogP contribution < -0.4 is 0 Å². The van der Waals surface area contributed by atoms with E-state index in [9.17, 15) is 0 Å². The molecule has 1 aromatic carbocycles. The first kappa shape index (κ1) is 14.8. The highest BCUT2D eigenvalue weighted by atomic mass is 16.5. The van der Waals surface area contributed by atoms with E-state index in [1.54, 1.807) is 7.11 Å². The summed E-state index contributed by atoms with van der Waals surface area (Å²) >= 11 is 0. The van der Waals surface area contributed by atoms with Gasteiger partial charge >= 0.3 is 0 Å². The van der Waals surface area contributed by atoms with Crippen molar-refractivity contribution in [2.24, 2.45) is 0 Å². The Labute approximate surface area is 136 Å². The maximum absolute atomic E-state index is 5.63. The maximum Gasteiger partial charge on any atom is 0.258 e. The van der Waals surface area contributed by atoms with Crippen molar-refractivity contribution >= 4 is 0 Å². The molecule has 0 bridgehead atoms. The first-order valence-corrected chi connectivity index (χ1v) is 8.38. The molecule has 1 atom stereocenters. The molecule has 0 radical (unpaired) electrons. The molecule has 5 heteroatoms. The molecule has 1 aliphatic carbocycles. The SMILES string of the molecule is COC1(c2noc(-c3cccc([C@@H]4CCCOC4)c3)n2)CCC1. The molecule has 0 N–H and O–H groups in total. The fraction of sp³-hybridized carbons (Fsp3) is 0.556. The fourth-order valence-electron chi connectivity index (χ4n) is 3.47. The minimum absolute atomic E-state index is 0.337. The highest BCUT2D eigenvalue weighted by molar-refractivity contribution is 5.54. The van der Waals surface area contributed by atoms with Gasteiger partial charge in [0, 0.05) is 25.2 Å². The summed E-state index contributed by atoms with van der Waals surface area (Å²) in [6.45, 7) is 1.67. The smallest absolute Gasteiger partial charge is 0.258 e. The first-order chi connectivity index (χ1) is 11.3. The predicted octanol–water partition coefficient (Wildman–Crippen LogP) is 3.66. The lowest BCUT2D eigenvalue weighted by Crippen LogP contribution is -2.37. The number of hydrogen-bond acceptors (Lipinski definition) is 5.